The predicted octanol–water partition coefficient (Wildman–Crippen LogP) is 0.891. The maximum absolute atomic E-state index is 11.3. The van der Waals surface area contributed by atoms with Crippen LogP contribution in [0.4, 0.5) is 0 Å². The van der Waals surface area contributed by atoms with Gasteiger partial charge in [-0.2, -0.15) is 0 Å². The number of hydrogen-bond donors (Lipinski definition) is 2. The zero-order chi connectivity index (χ0) is 16.1. The molecule has 6 nitrogen and oxygen atoms in total. The van der Waals surface area contributed by atoms with Gasteiger partial charge in [0.15, 0.2) is 0 Å². The zero-order valence-corrected chi connectivity index (χ0v) is 13.6. The third-order valence-electron chi connectivity index (χ3n) is 2.73. The fraction of sp³-hybridized carbons (Fsp3) is 0.500. The summed E-state index contributed by atoms with van der Waals surface area (Å²) < 4.78 is 29.6. The van der Waals surface area contributed by atoms with Crippen molar-refractivity contribution in [1.29, 1.82) is 0 Å². The molecule has 0 aliphatic carbocycles. The number of sulfonamides is 1. The van der Waals surface area contributed by atoms with Crippen molar-refractivity contribution in [1.82, 2.24) is 10.0 Å². The highest BCUT2D eigenvalue weighted by molar-refractivity contribution is 7.88. The molecule has 118 valence electrons. The molecular weight excluding hydrogens is 292 g/mol. The zero-order valence-electron chi connectivity index (χ0n) is 12.8. The van der Waals surface area contributed by atoms with Crippen LogP contribution in [0, 0.1) is 0 Å². The summed E-state index contributed by atoms with van der Waals surface area (Å²) in [6.07, 6.45) is 1.14. The van der Waals surface area contributed by atoms with Gasteiger partial charge in [0.25, 0.3) is 0 Å². The Morgan fingerprint density at radius 3 is 2.29 bits per heavy atom. The summed E-state index contributed by atoms with van der Waals surface area (Å²) in [6, 6.07) is 7.05. The van der Waals surface area contributed by atoms with Crippen molar-refractivity contribution in [2.45, 2.75) is 25.9 Å². The second-order valence-electron chi connectivity index (χ2n) is 5.55. The Morgan fingerprint density at radius 1 is 1.24 bits per heavy atom. The van der Waals surface area contributed by atoms with Gasteiger partial charge >= 0.3 is 5.97 Å². The molecule has 0 saturated heterocycles. The number of carbonyl (C=O) groups excluding carboxylic acids is 1. The van der Waals surface area contributed by atoms with E-state index in [1.165, 1.54) is 7.11 Å². The molecule has 0 heterocycles. The Morgan fingerprint density at radius 2 is 1.81 bits per heavy atom. The summed E-state index contributed by atoms with van der Waals surface area (Å²) in [5, 5.41) is 3.18. The van der Waals surface area contributed by atoms with Gasteiger partial charge in [0.2, 0.25) is 10.0 Å². The van der Waals surface area contributed by atoms with Crippen molar-refractivity contribution in [3.05, 3.63) is 35.4 Å². The van der Waals surface area contributed by atoms with Gasteiger partial charge < -0.3 is 10.1 Å². The minimum absolute atomic E-state index is 0.368. The molecule has 1 aromatic carbocycles. The summed E-state index contributed by atoms with van der Waals surface area (Å²) >= 11 is 0. The van der Waals surface area contributed by atoms with Gasteiger partial charge in [0.1, 0.15) is 0 Å². The van der Waals surface area contributed by atoms with E-state index in [9.17, 15) is 13.2 Å². The molecule has 0 aliphatic heterocycles. The molecule has 21 heavy (non-hydrogen) atoms. The standard InChI is InChI=1S/C14H22N2O4S/c1-14(2,16-21(4,18)19)10-15-9-11-5-7-12(8-6-11)13(17)20-3/h5-8,15-16H,9-10H2,1-4H3. The number of carbonyl (C=O) groups is 1. The van der Waals surface area contributed by atoms with Crippen molar-refractivity contribution < 1.29 is 17.9 Å². The van der Waals surface area contributed by atoms with Crippen LogP contribution in [0.2, 0.25) is 0 Å². The Hall–Kier alpha value is -1.44. The molecule has 0 spiro atoms. The molecule has 0 unspecified atom stereocenters. The lowest BCUT2D eigenvalue weighted by molar-refractivity contribution is 0.0600. The minimum Gasteiger partial charge on any atom is -0.465 e. The highest BCUT2D eigenvalue weighted by Crippen LogP contribution is 2.07. The molecule has 0 fully saturated rings. The molecule has 0 atom stereocenters. The fourth-order valence-corrected chi connectivity index (χ4v) is 3.01. The van der Waals surface area contributed by atoms with Crippen LogP contribution >= 0.6 is 0 Å². The molecule has 7 heteroatoms. The number of benzene rings is 1. The average Bonchev–Trinajstić information content (AvgIpc) is 2.35. The number of esters is 1. The highest BCUT2D eigenvalue weighted by atomic mass is 32.2. The summed E-state index contributed by atoms with van der Waals surface area (Å²) in [5.41, 5.74) is 0.928. The second-order valence-corrected chi connectivity index (χ2v) is 7.30. The number of rotatable bonds is 7. The Bertz CT molecular complexity index is 579. The first kappa shape index (κ1) is 17.6. The van der Waals surface area contributed by atoms with E-state index in [0.29, 0.717) is 18.7 Å². The van der Waals surface area contributed by atoms with Gasteiger partial charge in [0.05, 0.1) is 18.9 Å². The molecular formula is C14H22N2O4S. The number of ether oxygens (including phenoxy) is 1. The molecule has 0 aliphatic rings. The van der Waals surface area contributed by atoms with E-state index in [-0.39, 0.29) is 5.97 Å². The third-order valence-corrected chi connectivity index (χ3v) is 3.66. The average molecular weight is 314 g/mol. The first-order chi connectivity index (χ1) is 9.63. The van der Waals surface area contributed by atoms with Crippen molar-refractivity contribution in [2.24, 2.45) is 0 Å². The van der Waals surface area contributed by atoms with Crippen LogP contribution in [0.5, 0.6) is 0 Å². The van der Waals surface area contributed by atoms with E-state index in [1.54, 1.807) is 26.0 Å². The number of nitrogens with one attached hydrogen (secondary N) is 2. The minimum atomic E-state index is -3.24. The van der Waals surface area contributed by atoms with Crippen LogP contribution in [0.1, 0.15) is 29.8 Å². The van der Waals surface area contributed by atoms with Gasteiger partial charge in [-0.3, -0.25) is 0 Å². The van der Waals surface area contributed by atoms with Crippen molar-refractivity contribution in [3.8, 4) is 0 Å². The maximum Gasteiger partial charge on any atom is 0.337 e. The fourth-order valence-electron chi connectivity index (χ4n) is 1.93. The van der Waals surface area contributed by atoms with Crippen molar-refractivity contribution >= 4 is 16.0 Å². The third kappa shape index (κ3) is 6.70. The summed E-state index contributed by atoms with van der Waals surface area (Å²) in [5.74, 6) is -0.368. The summed E-state index contributed by atoms with van der Waals surface area (Å²) in [7, 11) is -1.89. The van der Waals surface area contributed by atoms with Crippen LogP contribution in [0.15, 0.2) is 24.3 Å². The molecule has 1 rings (SSSR count). The summed E-state index contributed by atoms with van der Waals surface area (Å²) in [6.45, 7) is 4.68. The number of hydrogen-bond acceptors (Lipinski definition) is 5. The molecule has 0 radical (unpaired) electrons. The van der Waals surface area contributed by atoms with E-state index in [1.807, 2.05) is 12.1 Å². The van der Waals surface area contributed by atoms with Crippen LogP contribution in [-0.4, -0.2) is 39.8 Å². The lowest BCUT2D eigenvalue weighted by Crippen LogP contribution is -2.49. The Kier molecular flexibility index (Phi) is 5.88. The number of methoxy groups -OCH3 is 1. The smallest absolute Gasteiger partial charge is 0.337 e. The van der Waals surface area contributed by atoms with Gasteiger partial charge in [-0.25, -0.2) is 17.9 Å². The summed E-state index contributed by atoms with van der Waals surface area (Å²) in [4.78, 5) is 11.3. The van der Waals surface area contributed by atoms with E-state index in [4.69, 9.17) is 0 Å². The topological polar surface area (TPSA) is 84.5 Å². The largest absolute Gasteiger partial charge is 0.465 e. The molecule has 0 saturated carbocycles. The van der Waals surface area contributed by atoms with Crippen LogP contribution in [0.3, 0.4) is 0 Å². The lowest BCUT2D eigenvalue weighted by atomic mass is 10.1. The van der Waals surface area contributed by atoms with E-state index in [0.717, 1.165) is 11.8 Å². The molecule has 0 aromatic heterocycles. The van der Waals surface area contributed by atoms with Gasteiger partial charge in [0, 0.05) is 18.6 Å². The molecule has 2 N–H and O–H groups in total. The normalized spacial score (nSPS) is 12.2. The van der Waals surface area contributed by atoms with Crippen molar-refractivity contribution in [2.75, 3.05) is 19.9 Å². The quantitative estimate of drug-likeness (QED) is 0.730. The first-order valence-electron chi connectivity index (χ1n) is 6.50. The molecule has 0 bridgehead atoms. The SMILES string of the molecule is COC(=O)c1ccc(CNCC(C)(C)NS(C)(=O)=O)cc1. The lowest BCUT2D eigenvalue weighted by Gasteiger charge is -2.25. The maximum atomic E-state index is 11.3. The van der Waals surface area contributed by atoms with Gasteiger partial charge in [-0.05, 0) is 31.5 Å². The predicted molar refractivity (Wildman–Crippen MR) is 81.5 cm³/mol. The van der Waals surface area contributed by atoms with Gasteiger partial charge in [-0.1, -0.05) is 12.1 Å². The molecule has 1 aromatic rings. The van der Waals surface area contributed by atoms with E-state index >= 15 is 0 Å². The van der Waals surface area contributed by atoms with Crippen LogP contribution < -0.4 is 10.0 Å². The van der Waals surface area contributed by atoms with E-state index < -0.39 is 15.6 Å². The van der Waals surface area contributed by atoms with Crippen LogP contribution in [0.25, 0.3) is 0 Å². The Labute approximate surface area is 125 Å². The first-order valence-corrected chi connectivity index (χ1v) is 8.39. The van der Waals surface area contributed by atoms with Gasteiger partial charge in [-0.15, -0.1) is 0 Å². The Balaban J connectivity index is 2.51. The van der Waals surface area contributed by atoms with Crippen molar-refractivity contribution in [3.63, 3.8) is 0 Å². The monoisotopic (exact) mass is 314 g/mol. The molecule has 0 amide bonds. The highest BCUT2D eigenvalue weighted by Gasteiger charge is 2.21. The van der Waals surface area contributed by atoms with Crippen LogP contribution in [-0.2, 0) is 21.3 Å². The van der Waals surface area contributed by atoms with E-state index in [2.05, 4.69) is 14.8 Å². The second kappa shape index (κ2) is 7.02.